The Morgan fingerprint density at radius 2 is 1.58 bits per heavy atom. The number of carbonyl (C=O) groups excluding carboxylic acids is 1. The first kappa shape index (κ1) is 22.4. The summed E-state index contributed by atoms with van der Waals surface area (Å²) < 4.78 is 33.0. The van der Waals surface area contributed by atoms with Crippen LogP contribution in [-0.4, -0.2) is 21.4 Å². The van der Waals surface area contributed by atoms with E-state index in [-0.39, 0.29) is 16.8 Å². The van der Waals surface area contributed by atoms with E-state index >= 15 is 0 Å². The van der Waals surface area contributed by atoms with E-state index in [0.717, 1.165) is 11.1 Å². The van der Waals surface area contributed by atoms with E-state index in [9.17, 15) is 13.2 Å². The zero-order valence-electron chi connectivity index (χ0n) is 18.0. The number of amides is 1. The topological polar surface area (TPSA) is 84.5 Å². The highest BCUT2D eigenvalue weighted by Crippen LogP contribution is 2.23. The second-order valence-electron chi connectivity index (χ2n) is 7.42. The lowest BCUT2D eigenvalue weighted by Gasteiger charge is -2.16. The molecule has 0 fully saturated rings. The molecule has 162 valence electrons. The van der Waals surface area contributed by atoms with Crippen molar-refractivity contribution in [1.82, 2.24) is 5.32 Å². The molecule has 0 aromatic heterocycles. The van der Waals surface area contributed by atoms with Crippen LogP contribution in [0.4, 0.5) is 5.69 Å². The van der Waals surface area contributed by atoms with Gasteiger partial charge in [0.25, 0.3) is 15.9 Å². The molecule has 1 amide bonds. The number of carbonyl (C=O) groups is 1. The lowest BCUT2D eigenvalue weighted by molar-refractivity contribution is 0.0940. The van der Waals surface area contributed by atoms with Gasteiger partial charge in [0.2, 0.25) is 0 Å². The largest absolute Gasteiger partial charge is 0.497 e. The molecule has 6 nitrogen and oxygen atoms in total. The fraction of sp³-hybridized carbons (Fsp3) is 0.208. The average Bonchev–Trinajstić information content (AvgIpc) is 2.75. The normalized spacial score (nSPS) is 12.1. The molecule has 31 heavy (non-hydrogen) atoms. The second-order valence-corrected chi connectivity index (χ2v) is 9.10. The van der Waals surface area contributed by atoms with E-state index in [1.165, 1.54) is 19.2 Å². The number of hydrogen-bond acceptors (Lipinski definition) is 4. The van der Waals surface area contributed by atoms with Crippen molar-refractivity contribution in [2.24, 2.45) is 0 Å². The smallest absolute Gasteiger partial charge is 0.261 e. The first-order chi connectivity index (χ1) is 14.7. The first-order valence-corrected chi connectivity index (χ1v) is 11.3. The zero-order chi connectivity index (χ0) is 22.6. The summed E-state index contributed by atoms with van der Waals surface area (Å²) in [5.74, 6) is 0.353. The fourth-order valence-electron chi connectivity index (χ4n) is 3.10. The van der Waals surface area contributed by atoms with E-state index in [1.54, 1.807) is 37.3 Å². The number of anilines is 1. The molecular formula is C24H26N2O4S. The molecule has 7 heteroatoms. The predicted octanol–water partition coefficient (Wildman–Crippen LogP) is 4.60. The minimum atomic E-state index is -3.76. The minimum absolute atomic E-state index is 0.126. The Labute approximate surface area is 183 Å². The fourth-order valence-corrected chi connectivity index (χ4v) is 4.23. The van der Waals surface area contributed by atoms with Crippen molar-refractivity contribution >= 4 is 21.6 Å². The molecule has 3 aromatic rings. The highest BCUT2D eigenvalue weighted by atomic mass is 32.2. The van der Waals surface area contributed by atoms with Gasteiger partial charge in [0, 0.05) is 5.56 Å². The summed E-state index contributed by atoms with van der Waals surface area (Å²) in [6.07, 6.45) is 0. The molecule has 0 spiro atoms. The number of ether oxygens (including phenoxy) is 1. The van der Waals surface area contributed by atoms with Gasteiger partial charge in [-0.05, 0) is 74.4 Å². The highest BCUT2D eigenvalue weighted by molar-refractivity contribution is 7.92. The Morgan fingerprint density at radius 1 is 0.935 bits per heavy atom. The molecule has 0 saturated heterocycles. The van der Waals surface area contributed by atoms with Crippen LogP contribution in [0.2, 0.25) is 0 Å². The van der Waals surface area contributed by atoms with E-state index in [2.05, 4.69) is 10.0 Å². The minimum Gasteiger partial charge on any atom is -0.497 e. The Kier molecular flexibility index (Phi) is 6.65. The standard InChI is InChI=1S/C24H26N2O4S/c1-16-5-7-19(8-6-16)18(3)25-24(27)20-9-14-23(17(2)15-20)26-31(28,29)22-12-10-21(30-4)11-13-22/h5-15,18,26H,1-4H3,(H,25,27)/t18-/m0/s1. The molecule has 0 aliphatic carbocycles. The Balaban J connectivity index is 1.72. The summed E-state index contributed by atoms with van der Waals surface area (Å²) in [6, 6.07) is 18.8. The van der Waals surface area contributed by atoms with Gasteiger partial charge in [0.15, 0.2) is 0 Å². The zero-order valence-corrected chi connectivity index (χ0v) is 18.8. The molecule has 0 bridgehead atoms. The molecule has 0 heterocycles. The van der Waals surface area contributed by atoms with Crippen LogP contribution in [0.1, 0.15) is 40.0 Å². The van der Waals surface area contributed by atoms with Gasteiger partial charge in [-0.15, -0.1) is 0 Å². The van der Waals surface area contributed by atoms with Crippen molar-refractivity contribution in [1.29, 1.82) is 0 Å². The van der Waals surface area contributed by atoms with Crippen LogP contribution in [0.25, 0.3) is 0 Å². The van der Waals surface area contributed by atoms with Gasteiger partial charge in [-0.1, -0.05) is 29.8 Å². The van der Waals surface area contributed by atoms with Crippen LogP contribution in [0.5, 0.6) is 5.75 Å². The number of nitrogens with one attached hydrogen (secondary N) is 2. The lowest BCUT2D eigenvalue weighted by atomic mass is 10.1. The first-order valence-electron chi connectivity index (χ1n) is 9.84. The van der Waals surface area contributed by atoms with Crippen molar-refractivity contribution < 1.29 is 17.9 Å². The molecule has 3 aromatic carbocycles. The van der Waals surface area contributed by atoms with Gasteiger partial charge < -0.3 is 10.1 Å². The Morgan fingerprint density at radius 3 is 2.16 bits per heavy atom. The third-order valence-electron chi connectivity index (χ3n) is 5.03. The second kappa shape index (κ2) is 9.22. The van der Waals surface area contributed by atoms with Gasteiger partial charge in [-0.25, -0.2) is 8.42 Å². The summed E-state index contributed by atoms with van der Waals surface area (Å²) in [5, 5.41) is 2.97. The maximum atomic E-state index is 12.7. The van der Waals surface area contributed by atoms with Gasteiger partial charge in [-0.3, -0.25) is 9.52 Å². The molecule has 0 aliphatic heterocycles. The van der Waals surface area contributed by atoms with Crippen LogP contribution in [0, 0.1) is 13.8 Å². The van der Waals surface area contributed by atoms with E-state index in [4.69, 9.17) is 4.74 Å². The summed E-state index contributed by atoms with van der Waals surface area (Å²) in [6.45, 7) is 5.69. The van der Waals surface area contributed by atoms with Gasteiger partial charge >= 0.3 is 0 Å². The van der Waals surface area contributed by atoms with Gasteiger partial charge in [-0.2, -0.15) is 0 Å². The number of benzene rings is 3. The van der Waals surface area contributed by atoms with Crippen LogP contribution >= 0.6 is 0 Å². The number of sulfonamides is 1. The van der Waals surface area contributed by atoms with Crippen LogP contribution in [0.3, 0.4) is 0 Å². The molecule has 0 unspecified atom stereocenters. The monoisotopic (exact) mass is 438 g/mol. The van der Waals surface area contributed by atoms with Gasteiger partial charge in [0.05, 0.1) is 23.7 Å². The van der Waals surface area contributed by atoms with E-state index in [0.29, 0.717) is 22.6 Å². The quantitative estimate of drug-likeness (QED) is 0.564. The van der Waals surface area contributed by atoms with Crippen molar-refractivity contribution in [3.8, 4) is 5.75 Å². The maximum absolute atomic E-state index is 12.7. The summed E-state index contributed by atoms with van der Waals surface area (Å²) >= 11 is 0. The van der Waals surface area contributed by atoms with Crippen molar-refractivity contribution in [2.45, 2.75) is 31.7 Å². The number of rotatable bonds is 7. The number of methoxy groups -OCH3 is 1. The van der Waals surface area contributed by atoms with Crippen LogP contribution < -0.4 is 14.8 Å². The Hall–Kier alpha value is -3.32. The highest BCUT2D eigenvalue weighted by Gasteiger charge is 2.17. The molecule has 2 N–H and O–H groups in total. The van der Waals surface area contributed by atoms with E-state index < -0.39 is 10.0 Å². The third kappa shape index (κ3) is 5.44. The van der Waals surface area contributed by atoms with Crippen molar-refractivity contribution in [2.75, 3.05) is 11.8 Å². The SMILES string of the molecule is COc1ccc(S(=O)(=O)Nc2ccc(C(=O)N[C@@H](C)c3ccc(C)cc3)cc2C)cc1. The third-order valence-corrected chi connectivity index (χ3v) is 6.41. The molecule has 0 aliphatic rings. The summed E-state index contributed by atoms with van der Waals surface area (Å²) in [5.41, 5.74) is 3.70. The average molecular weight is 439 g/mol. The molecule has 0 radical (unpaired) electrons. The van der Waals surface area contributed by atoms with Crippen molar-refractivity contribution in [3.05, 3.63) is 89.0 Å². The molecule has 3 rings (SSSR count). The van der Waals surface area contributed by atoms with E-state index in [1.807, 2.05) is 38.1 Å². The molecule has 1 atom stereocenters. The van der Waals surface area contributed by atoms with Crippen LogP contribution in [0.15, 0.2) is 71.6 Å². The predicted molar refractivity (Wildman–Crippen MR) is 122 cm³/mol. The summed E-state index contributed by atoms with van der Waals surface area (Å²) in [7, 11) is -2.24. The van der Waals surface area contributed by atoms with Crippen molar-refractivity contribution in [3.63, 3.8) is 0 Å². The summed E-state index contributed by atoms with van der Waals surface area (Å²) in [4.78, 5) is 12.8. The Bertz CT molecular complexity index is 1170. The number of aryl methyl sites for hydroxylation is 2. The molecule has 0 saturated carbocycles. The van der Waals surface area contributed by atoms with Crippen LogP contribution in [-0.2, 0) is 10.0 Å². The number of hydrogen-bond donors (Lipinski definition) is 2. The molecular weight excluding hydrogens is 412 g/mol. The maximum Gasteiger partial charge on any atom is 0.261 e. The lowest BCUT2D eigenvalue weighted by Crippen LogP contribution is -2.26. The van der Waals surface area contributed by atoms with Gasteiger partial charge in [0.1, 0.15) is 5.75 Å².